The molecule has 0 aromatic heterocycles. The van der Waals surface area contributed by atoms with Gasteiger partial charge in [-0.15, -0.1) is 0 Å². The van der Waals surface area contributed by atoms with Crippen LogP contribution < -0.4 is 11.1 Å². The molecule has 0 rings (SSSR count). The third-order valence-corrected chi connectivity index (χ3v) is 2.48. The summed E-state index contributed by atoms with van der Waals surface area (Å²) in [5, 5.41) is 2.76. The summed E-state index contributed by atoms with van der Waals surface area (Å²) in [7, 11) is 0. The molecule has 0 aromatic rings. The van der Waals surface area contributed by atoms with Crippen molar-refractivity contribution in [2.45, 2.75) is 46.3 Å². The van der Waals surface area contributed by atoms with Crippen molar-refractivity contribution in [1.82, 2.24) is 10.2 Å². The van der Waals surface area contributed by atoms with Gasteiger partial charge >= 0.3 is 6.09 Å². The van der Waals surface area contributed by atoms with Crippen LogP contribution in [0.5, 0.6) is 0 Å². The molecule has 1 atom stereocenters. The Labute approximate surface area is 105 Å². The minimum absolute atomic E-state index is 0.164. The van der Waals surface area contributed by atoms with E-state index in [0.717, 1.165) is 13.1 Å². The zero-order valence-electron chi connectivity index (χ0n) is 11.7. The average Bonchev–Trinajstić information content (AvgIpc) is 2.21. The Hall–Kier alpha value is -0.810. The molecule has 5 nitrogen and oxygen atoms in total. The largest absolute Gasteiger partial charge is 0.444 e. The van der Waals surface area contributed by atoms with Crippen LogP contribution in [0, 0.1) is 0 Å². The van der Waals surface area contributed by atoms with Gasteiger partial charge in [0.05, 0.1) is 0 Å². The molecule has 1 amide bonds. The third kappa shape index (κ3) is 7.18. The summed E-state index contributed by atoms with van der Waals surface area (Å²) in [6.07, 6.45) is -0.386. The highest BCUT2D eigenvalue weighted by Gasteiger charge is 2.18. The Morgan fingerprint density at radius 2 is 1.88 bits per heavy atom. The fourth-order valence-electron chi connectivity index (χ4n) is 1.62. The lowest BCUT2D eigenvalue weighted by Gasteiger charge is -2.29. The molecular weight excluding hydrogens is 218 g/mol. The number of hydrogen-bond donors (Lipinski definition) is 2. The molecule has 1 unspecified atom stereocenters. The fraction of sp³-hybridized carbons (Fsp3) is 0.917. The van der Waals surface area contributed by atoms with Gasteiger partial charge in [0.1, 0.15) is 5.60 Å². The van der Waals surface area contributed by atoms with Gasteiger partial charge in [0.2, 0.25) is 0 Å². The van der Waals surface area contributed by atoms with E-state index in [1.54, 1.807) is 0 Å². The molecule has 0 fully saturated rings. The molecule has 3 N–H and O–H groups in total. The smallest absolute Gasteiger partial charge is 0.407 e. The van der Waals surface area contributed by atoms with Gasteiger partial charge in [-0.3, -0.25) is 4.90 Å². The van der Waals surface area contributed by atoms with E-state index in [-0.39, 0.29) is 12.1 Å². The molecule has 0 aliphatic heterocycles. The summed E-state index contributed by atoms with van der Waals surface area (Å²) in [5.41, 5.74) is 5.24. The summed E-state index contributed by atoms with van der Waals surface area (Å²) in [6, 6.07) is 0.164. The number of alkyl carbamates (subject to hydrolysis) is 1. The molecule has 0 spiro atoms. The number of amides is 1. The van der Waals surface area contributed by atoms with E-state index in [1.807, 2.05) is 20.8 Å². The highest BCUT2D eigenvalue weighted by molar-refractivity contribution is 5.67. The van der Waals surface area contributed by atoms with Crippen molar-refractivity contribution >= 4 is 6.09 Å². The first-order valence-corrected chi connectivity index (χ1v) is 6.25. The maximum absolute atomic E-state index is 11.5. The van der Waals surface area contributed by atoms with Gasteiger partial charge in [-0.1, -0.05) is 13.8 Å². The van der Waals surface area contributed by atoms with Crippen LogP contribution in [0.2, 0.25) is 0 Å². The zero-order chi connectivity index (χ0) is 13.5. The number of carbonyl (C=O) groups is 1. The standard InChI is InChI=1S/C12H27N3O2/c1-6-15(7-2)10(8-13)9-14-11(16)17-12(3,4)5/h10H,6-9,13H2,1-5H3,(H,14,16). The molecule has 0 radical (unpaired) electrons. The minimum atomic E-state index is -0.461. The number of nitrogens with two attached hydrogens (primary N) is 1. The van der Waals surface area contributed by atoms with E-state index in [4.69, 9.17) is 10.5 Å². The summed E-state index contributed by atoms with van der Waals surface area (Å²) in [6.45, 7) is 12.6. The van der Waals surface area contributed by atoms with Gasteiger partial charge < -0.3 is 15.8 Å². The predicted molar refractivity (Wildman–Crippen MR) is 70.0 cm³/mol. The van der Waals surface area contributed by atoms with Crippen LogP contribution in [-0.4, -0.2) is 48.8 Å². The van der Waals surface area contributed by atoms with Crippen LogP contribution in [-0.2, 0) is 4.74 Å². The second-order valence-corrected chi connectivity index (χ2v) is 4.99. The first kappa shape index (κ1) is 16.2. The number of nitrogens with one attached hydrogen (secondary N) is 1. The van der Waals surface area contributed by atoms with E-state index in [2.05, 4.69) is 24.1 Å². The van der Waals surface area contributed by atoms with Crippen molar-refractivity contribution in [3.63, 3.8) is 0 Å². The SMILES string of the molecule is CCN(CC)C(CN)CNC(=O)OC(C)(C)C. The Bertz CT molecular complexity index is 222. The van der Waals surface area contributed by atoms with Gasteiger partial charge in [-0.25, -0.2) is 4.79 Å². The van der Waals surface area contributed by atoms with E-state index < -0.39 is 5.60 Å². The van der Waals surface area contributed by atoms with Crippen molar-refractivity contribution < 1.29 is 9.53 Å². The van der Waals surface area contributed by atoms with Crippen LogP contribution in [0.25, 0.3) is 0 Å². The van der Waals surface area contributed by atoms with Crippen LogP contribution in [0.3, 0.4) is 0 Å². The molecule has 102 valence electrons. The van der Waals surface area contributed by atoms with Crippen LogP contribution >= 0.6 is 0 Å². The van der Waals surface area contributed by atoms with Gasteiger partial charge in [-0.05, 0) is 33.9 Å². The van der Waals surface area contributed by atoms with Crippen LogP contribution in [0.15, 0.2) is 0 Å². The van der Waals surface area contributed by atoms with Crippen molar-refractivity contribution in [2.75, 3.05) is 26.2 Å². The fourth-order valence-corrected chi connectivity index (χ4v) is 1.62. The Kier molecular flexibility index (Phi) is 7.15. The lowest BCUT2D eigenvalue weighted by Crippen LogP contribution is -2.48. The minimum Gasteiger partial charge on any atom is -0.444 e. The highest BCUT2D eigenvalue weighted by Crippen LogP contribution is 2.06. The number of nitrogens with zero attached hydrogens (tertiary/aromatic N) is 1. The molecule has 0 aliphatic carbocycles. The molecular formula is C12H27N3O2. The first-order valence-electron chi connectivity index (χ1n) is 6.25. The Balaban J connectivity index is 4.10. The van der Waals surface area contributed by atoms with E-state index in [0.29, 0.717) is 13.1 Å². The van der Waals surface area contributed by atoms with Crippen molar-refractivity contribution in [2.24, 2.45) is 5.73 Å². The van der Waals surface area contributed by atoms with Crippen LogP contribution in [0.4, 0.5) is 4.79 Å². The Morgan fingerprint density at radius 3 is 2.24 bits per heavy atom. The van der Waals surface area contributed by atoms with Crippen molar-refractivity contribution in [1.29, 1.82) is 0 Å². The first-order chi connectivity index (χ1) is 7.84. The second-order valence-electron chi connectivity index (χ2n) is 4.99. The summed E-state index contributed by atoms with van der Waals surface area (Å²) in [4.78, 5) is 13.7. The monoisotopic (exact) mass is 245 g/mol. The van der Waals surface area contributed by atoms with Gasteiger partial charge in [0, 0.05) is 19.1 Å². The maximum Gasteiger partial charge on any atom is 0.407 e. The molecule has 5 heteroatoms. The quantitative estimate of drug-likeness (QED) is 0.737. The normalized spacial score (nSPS) is 13.6. The lowest BCUT2D eigenvalue weighted by atomic mass is 10.2. The van der Waals surface area contributed by atoms with Gasteiger partial charge in [-0.2, -0.15) is 0 Å². The van der Waals surface area contributed by atoms with E-state index >= 15 is 0 Å². The summed E-state index contributed by atoms with van der Waals surface area (Å²) >= 11 is 0. The number of rotatable bonds is 6. The van der Waals surface area contributed by atoms with Gasteiger partial charge in [0.15, 0.2) is 0 Å². The summed E-state index contributed by atoms with van der Waals surface area (Å²) < 4.78 is 5.17. The van der Waals surface area contributed by atoms with Crippen LogP contribution in [0.1, 0.15) is 34.6 Å². The summed E-state index contributed by atoms with van der Waals surface area (Å²) in [5.74, 6) is 0. The number of carbonyl (C=O) groups excluding carboxylic acids is 1. The maximum atomic E-state index is 11.5. The van der Waals surface area contributed by atoms with E-state index in [1.165, 1.54) is 0 Å². The Morgan fingerprint density at radius 1 is 1.35 bits per heavy atom. The number of hydrogen-bond acceptors (Lipinski definition) is 4. The predicted octanol–water partition coefficient (Wildman–Crippen LogP) is 1.18. The molecule has 0 aromatic carbocycles. The van der Waals surface area contributed by atoms with E-state index in [9.17, 15) is 4.79 Å². The van der Waals surface area contributed by atoms with Crippen molar-refractivity contribution in [3.8, 4) is 0 Å². The molecule has 0 saturated heterocycles. The molecule has 0 aliphatic rings. The molecule has 17 heavy (non-hydrogen) atoms. The average molecular weight is 245 g/mol. The van der Waals surface area contributed by atoms with Crippen molar-refractivity contribution in [3.05, 3.63) is 0 Å². The zero-order valence-corrected chi connectivity index (χ0v) is 11.7. The third-order valence-electron chi connectivity index (χ3n) is 2.48. The number of ether oxygens (including phenoxy) is 1. The molecule has 0 saturated carbocycles. The van der Waals surface area contributed by atoms with Gasteiger partial charge in [0.25, 0.3) is 0 Å². The second kappa shape index (κ2) is 7.50. The highest BCUT2D eigenvalue weighted by atomic mass is 16.6. The number of likely N-dealkylation sites (N-methyl/N-ethyl adjacent to an activating group) is 1. The lowest BCUT2D eigenvalue weighted by molar-refractivity contribution is 0.0509. The molecule has 0 bridgehead atoms. The molecule has 0 heterocycles. The topological polar surface area (TPSA) is 67.6 Å².